The molecule has 0 unspecified atom stereocenters. The first-order valence-electron chi connectivity index (χ1n) is 6.06. The molecular weight excluding hydrogens is 257 g/mol. The monoisotopic (exact) mass is 271 g/mol. The number of amides is 1. The van der Waals surface area contributed by atoms with Crippen molar-refractivity contribution in [1.29, 1.82) is 0 Å². The molecule has 0 aromatic heterocycles. The molecule has 102 valence electrons. The summed E-state index contributed by atoms with van der Waals surface area (Å²) in [5, 5.41) is 2.48. The van der Waals surface area contributed by atoms with Crippen LogP contribution < -0.4 is 10.1 Å². The fourth-order valence-corrected chi connectivity index (χ4v) is 1.66. The molecule has 2 rings (SSSR count). The molecule has 1 N–H and O–H groups in total. The summed E-state index contributed by atoms with van der Waals surface area (Å²) in [6.45, 7) is 5.26. The Hall–Kier alpha value is -2.62. The Morgan fingerprint density at radius 1 is 1.30 bits per heavy atom. The van der Waals surface area contributed by atoms with Gasteiger partial charge in [0.25, 0.3) is 0 Å². The lowest BCUT2D eigenvalue weighted by molar-refractivity contribution is -0.111. The van der Waals surface area contributed by atoms with E-state index in [9.17, 15) is 9.18 Å². The molecule has 2 aromatic rings. The normalized spacial score (nSPS) is 9.90. The maximum atomic E-state index is 13.9. The van der Waals surface area contributed by atoms with Crippen molar-refractivity contribution in [2.45, 2.75) is 6.92 Å². The van der Waals surface area contributed by atoms with E-state index >= 15 is 0 Å². The first kappa shape index (κ1) is 13.8. The number of halogens is 1. The van der Waals surface area contributed by atoms with Gasteiger partial charge in [0.15, 0.2) is 11.6 Å². The van der Waals surface area contributed by atoms with Crippen molar-refractivity contribution in [1.82, 2.24) is 0 Å². The van der Waals surface area contributed by atoms with Gasteiger partial charge in [0.2, 0.25) is 5.91 Å². The van der Waals surface area contributed by atoms with Gasteiger partial charge < -0.3 is 10.1 Å². The third-order valence-corrected chi connectivity index (χ3v) is 2.60. The quantitative estimate of drug-likeness (QED) is 0.852. The number of carbonyl (C=O) groups excluding carboxylic acids is 1. The van der Waals surface area contributed by atoms with E-state index in [0.717, 1.165) is 11.6 Å². The minimum atomic E-state index is -0.548. The summed E-state index contributed by atoms with van der Waals surface area (Å²) in [6, 6.07) is 11.6. The second-order valence-corrected chi connectivity index (χ2v) is 4.26. The number of rotatable bonds is 4. The number of anilines is 1. The van der Waals surface area contributed by atoms with E-state index in [4.69, 9.17) is 4.74 Å². The van der Waals surface area contributed by atoms with E-state index in [1.807, 2.05) is 25.1 Å². The average Bonchev–Trinajstić information content (AvgIpc) is 2.42. The second kappa shape index (κ2) is 6.02. The summed E-state index contributed by atoms with van der Waals surface area (Å²) in [5.41, 5.74) is 1.38. The number of hydrogen-bond donors (Lipinski definition) is 1. The van der Waals surface area contributed by atoms with Crippen LogP contribution in [0, 0.1) is 12.7 Å². The van der Waals surface area contributed by atoms with E-state index in [1.165, 1.54) is 12.1 Å². The Bertz CT molecular complexity index is 653. The molecule has 1 amide bonds. The molecule has 0 saturated heterocycles. The van der Waals surface area contributed by atoms with Crippen molar-refractivity contribution in [2.24, 2.45) is 0 Å². The molecule has 0 aliphatic rings. The van der Waals surface area contributed by atoms with Gasteiger partial charge in [-0.2, -0.15) is 0 Å². The molecule has 0 aliphatic carbocycles. The number of hydrogen-bond acceptors (Lipinski definition) is 2. The van der Waals surface area contributed by atoms with Gasteiger partial charge in [0.05, 0.1) is 0 Å². The Morgan fingerprint density at radius 3 is 2.75 bits per heavy atom. The highest BCUT2D eigenvalue weighted by molar-refractivity contribution is 5.98. The minimum absolute atomic E-state index is 0.104. The molecule has 2 aromatic carbocycles. The largest absolute Gasteiger partial charge is 0.454 e. The van der Waals surface area contributed by atoms with Gasteiger partial charge in [-0.1, -0.05) is 18.7 Å². The summed E-state index contributed by atoms with van der Waals surface area (Å²) in [7, 11) is 0. The summed E-state index contributed by atoms with van der Waals surface area (Å²) in [4.78, 5) is 11.1. The maximum absolute atomic E-state index is 13.9. The smallest absolute Gasteiger partial charge is 0.247 e. The highest BCUT2D eigenvalue weighted by Crippen LogP contribution is 2.27. The van der Waals surface area contributed by atoms with Crippen LogP contribution in [0.5, 0.6) is 11.5 Å². The van der Waals surface area contributed by atoms with Crippen molar-refractivity contribution >= 4 is 11.6 Å². The second-order valence-electron chi connectivity index (χ2n) is 4.26. The van der Waals surface area contributed by atoms with E-state index in [-0.39, 0.29) is 5.75 Å². The molecule has 20 heavy (non-hydrogen) atoms. The molecule has 0 fully saturated rings. The first-order chi connectivity index (χ1) is 9.58. The van der Waals surface area contributed by atoms with E-state index in [0.29, 0.717) is 11.4 Å². The summed E-state index contributed by atoms with van der Waals surface area (Å²) >= 11 is 0. The molecular formula is C16H14FNO2. The van der Waals surface area contributed by atoms with Crippen molar-refractivity contribution < 1.29 is 13.9 Å². The van der Waals surface area contributed by atoms with Crippen LogP contribution in [0.4, 0.5) is 10.1 Å². The zero-order valence-electron chi connectivity index (χ0n) is 11.0. The summed E-state index contributed by atoms with van der Waals surface area (Å²) in [6.07, 6.45) is 1.12. The van der Waals surface area contributed by atoms with Gasteiger partial charge in [-0.3, -0.25) is 4.79 Å². The van der Waals surface area contributed by atoms with Crippen molar-refractivity contribution in [3.05, 3.63) is 66.5 Å². The highest BCUT2D eigenvalue weighted by atomic mass is 19.1. The Kier molecular flexibility index (Phi) is 4.15. The Labute approximate surface area is 116 Å². The topological polar surface area (TPSA) is 38.3 Å². The van der Waals surface area contributed by atoms with Gasteiger partial charge in [0.1, 0.15) is 5.75 Å². The molecule has 4 heteroatoms. The zero-order chi connectivity index (χ0) is 14.5. The van der Waals surface area contributed by atoms with Crippen LogP contribution in [0.25, 0.3) is 0 Å². The predicted molar refractivity (Wildman–Crippen MR) is 76.5 cm³/mol. The fraction of sp³-hybridized carbons (Fsp3) is 0.0625. The fourth-order valence-electron chi connectivity index (χ4n) is 1.66. The standard InChI is InChI=1S/C16H14FNO2/c1-3-16(19)18-12-7-8-15(14(17)10-12)20-13-6-4-5-11(2)9-13/h3-10H,1H2,2H3,(H,18,19). The number of benzene rings is 2. The van der Waals surface area contributed by atoms with Crippen LogP contribution in [0.15, 0.2) is 55.1 Å². The number of nitrogens with one attached hydrogen (secondary N) is 1. The van der Waals surface area contributed by atoms with Gasteiger partial charge in [-0.15, -0.1) is 0 Å². The first-order valence-corrected chi connectivity index (χ1v) is 6.06. The summed E-state index contributed by atoms with van der Waals surface area (Å²) in [5.74, 6) is -0.274. The molecule has 0 bridgehead atoms. The predicted octanol–water partition coefficient (Wildman–Crippen LogP) is 4.05. The lowest BCUT2D eigenvalue weighted by atomic mass is 10.2. The van der Waals surface area contributed by atoms with E-state index < -0.39 is 11.7 Å². The molecule has 0 saturated carbocycles. The maximum Gasteiger partial charge on any atom is 0.247 e. The molecule has 0 radical (unpaired) electrons. The van der Waals surface area contributed by atoms with Gasteiger partial charge in [-0.25, -0.2) is 4.39 Å². The van der Waals surface area contributed by atoms with Crippen LogP contribution in [-0.4, -0.2) is 5.91 Å². The van der Waals surface area contributed by atoms with E-state index in [2.05, 4.69) is 11.9 Å². The van der Waals surface area contributed by atoms with Gasteiger partial charge >= 0.3 is 0 Å². The van der Waals surface area contributed by atoms with Crippen LogP contribution in [0.2, 0.25) is 0 Å². The lowest BCUT2D eigenvalue weighted by Crippen LogP contribution is -2.07. The number of carbonyl (C=O) groups is 1. The summed E-state index contributed by atoms with van der Waals surface area (Å²) < 4.78 is 19.4. The Balaban J connectivity index is 2.17. The number of ether oxygens (including phenoxy) is 1. The van der Waals surface area contributed by atoms with Crippen LogP contribution >= 0.6 is 0 Å². The van der Waals surface area contributed by atoms with Crippen LogP contribution in [0.1, 0.15) is 5.56 Å². The Morgan fingerprint density at radius 2 is 2.10 bits per heavy atom. The molecule has 0 spiro atoms. The zero-order valence-corrected chi connectivity index (χ0v) is 11.0. The average molecular weight is 271 g/mol. The SMILES string of the molecule is C=CC(=O)Nc1ccc(Oc2cccc(C)c2)c(F)c1. The van der Waals surface area contributed by atoms with Crippen LogP contribution in [-0.2, 0) is 4.79 Å². The van der Waals surface area contributed by atoms with Crippen molar-refractivity contribution in [3.8, 4) is 11.5 Å². The van der Waals surface area contributed by atoms with E-state index in [1.54, 1.807) is 12.1 Å². The highest BCUT2D eigenvalue weighted by Gasteiger charge is 2.07. The molecule has 3 nitrogen and oxygen atoms in total. The van der Waals surface area contributed by atoms with Gasteiger partial charge in [-0.05, 0) is 42.8 Å². The van der Waals surface area contributed by atoms with Crippen LogP contribution in [0.3, 0.4) is 0 Å². The van der Waals surface area contributed by atoms with Gasteiger partial charge in [0, 0.05) is 11.8 Å². The number of aryl methyl sites for hydroxylation is 1. The molecule has 0 atom stereocenters. The van der Waals surface area contributed by atoms with Crippen molar-refractivity contribution in [2.75, 3.05) is 5.32 Å². The molecule has 0 aliphatic heterocycles. The third kappa shape index (κ3) is 3.45. The third-order valence-electron chi connectivity index (χ3n) is 2.60. The molecule has 0 heterocycles. The van der Waals surface area contributed by atoms with Crippen molar-refractivity contribution in [3.63, 3.8) is 0 Å². The lowest BCUT2D eigenvalue weighted by Gasteiger charge is -2.09. The minimum Gasteiger partial charge on any atom is -0.454 e.